The maximum Gasteiger partial charge on any atom is 0.241 e. The zero-order chi connectivity index (χ0) is 15.9. The average Bonchev–Trinajstić information content (AvgIpc) is 2.35. The second-order valence-electron chi connectivity index (χ2n) is 5.45. The topological polar surface area (TPSA) is 55.4 Å². The summed E-state index contributed by atoms with van der Waals surface area (Å²) < 4.78 is 32.8. The molecule has 0 spiro atoms. The number of rotatable bonds is 9. The molecule has 0 aromatic heterocycles. The molecular weight excluding hydrogens is 286 g/mol. The third-order valence-corrected chi connectivity index (χ3v) is 5.04. The van der Waals surface area contributed by atoms with Gasteiger partial charge in [0.05, 0.1) is 4.90 Å². The van der Waals surface area contributed by atoms with Crippen LogP contribution in [0.25, 0.3) is 0 Å². The van der Waals surface area contributed by atoms with Gasteiger partial charge in [-0.1, -0.05) is 31.0 Å². The fourth-order valence-electron chi connectivity index (χ4n) is 2.39. The van der Waals surface area contributed by atoms with Crippen LogP contribution in [0.15, 0.2) is 17.0 Å². The van der Waals surface area contributed by atoms with E-state index in [0.717, 1.165) is 36.1 Å². The predicted octanol–water partition coefficient (Wildman–Crippen LogP) is 3.10. The van der Waals surface area contributed by atoms with Crippen molar-refractivity contribution in [1.82, 2.24) is 4.72 Å². The van der Waals surface area contributed by atoms with Crippen molar-refractivity contribution in [2.45, 2.75) is 51.9 Å². The minimum atomic E-state index is -3.44. The summed E-state index contributed by atoms with van der Waals surface area (Å²) in [6.07, 6.45) is 2.85. The largest absolute Gasteiger partial charge is 0.381 e. The molecule has 0 bridgehead atoms. The molecule has 0 fully saturated rings. The summed E-state index contributed by atoms with van der Waals surface area (Å²) in [5, 5.41) is 0. The first-order valence-electron chi connectivity index (χ1n) is 7.53. The average molecular weight is 313 g/mol. The van der Waals surface area contributed by atoms with E-state index in [-0.39, 0.29) is 0 Å². The molecule has 21 heavy (non-hydrogen) atoms. The van der Waals surface area contributed by atoms with Crippen LogP contribution < -0.4 is 4.72 Å². The normalized spacial score (nSPS) is 11.8. The fraction of sp³-hybridized carbons (Fsp3) is 0.625. The molecule has 0 amide bonds. The Morgan fingerprint density at radius 3 is 2.19 bits per heavy atom. The van der Waals surface area contributed by atoms with Crippen LogP contribution in [0.5, 0.6) is 0 Å². The Balaban J connectivity index is 2.55. The zero-order valence-electron chi connectivity index (χ0n) is 13.5. The van der Waals surface area contributed by atoms with E-state index in [1.165, 1.54) is 0 Å². The van der Waals surface area contributed by atoms with Crippen molar-refractivity contribution in [2.75, 3.05) is 19.8 Å². The SMILES string of the molecule is CCCCOCCCNS(=O)(=O)c1c(C)cc(C)cc1C. The van der Waals surface area contributed by atoms with Gasteiger partial charge in [-0.25, -0.2) is 13.1 Å². The minimum Gasteiger partial charge on any atom is -0.381 e. The molecule has 0 saturated carbocycles. The van der Waals surface area contributed by atoms with Crippen LogP contribution >= 0.6 is 0 Å². The van der Waals surface area contributed by atoms with Crippen molar-refractivity contribution in [2.24, 2.45) is 0 Å². The van der Waals surface area contributed by atoms with Gasteiger partial charge in [-0.05, 0) is 44.7 Å². The van der Waals surface area contributed by atoms with Gasteiger partial charge in [0.2, 0.25) is 10.0 Å². The molecule has 0 unspecified atom stereocenters. The highest BCUT2D eigenvalue weighted by atomic mass is 32.2. The van der Waals surface area contributed by atoms with E-state index in [4.69, 9.17) is 4.74 Å². The standard InChI is InChI=1S/C16H27NO3S/c1-5-6-9-20-10-7-8-17-21(18,19)16-14(3)11-13(2)12-15(16)4/h11-12,17H,5-10H2,1-4H3. The summed E-state index contributed by atoms with van der Waals surface area (Å²) >= 11 is 0. The summed E-state index contributed by atoms with van der Waals surface area (Å²) in [6.45, 7) is 9.50. The van der Waals surface area contributed by atoms with Gasteiger partial charge >= 0.3 is 0 Å². The minimum absolute atomic E-state index is 0.403. The van der Waals surface area contributed by atoms with E-state index in [1.807, 2.05) is 32.9 Å². The number of unbranched alkanes of at least 4 members (excludes halogenated alkanes) is 1. The Bertz CT molecular complexity index is 530. The van der Waals surface area contributed by atoms with Gasteiger partial charge in [-0.2, -0.15) is 0 Å². The Kier molecular flexibility index (Phi) is 7.35. The summed E-state index contributed by atoms with van der Waals surface area (Å²) in [4.78, 5) is 0.403. The number of ether oxygens (including phenoxy) is 1. The van der Waals surface area contributed by atoms with Crippen LogP contribution in [0.4, 0.5) is 0 Å². The molecule has 5 heteroatoms. The summed E-state index contributed by atoms with van der Waals surface area (Å²) in [5.41, 5.74) is 2.66. The number of sulfonamides is 1. The molecule has 4 nitrogen and oxygen atoms in total. The van der Waals surface area contributed by atoms with Gasteiger partial charge < -0.3 is 4.74 Å². The Morgan fingerprint density at radius 2 is 1.62 bits per heavy atom. The van der Waals surface area contributed by atoms with E-state index in [1.54, 1.807) is 0 Å². The van der Waals surface area contributed by atoms with E-state index >= 15 is 0 Å². The second kappa shape index (κ2) is 8.51. The van der Waals surface area contributed by atoms with Crippen molar-refractivity contribution >= 4 is 10.0 Å². The highest BCUT2D eigenvalue weighted by Crippen LogP contribution is 2.21. The molecule has 0 atom stereocenters. The van der Waals surface area contributed by atoms with E-state index in [0.29, 0.717) is 24.5 Å². The molecule has 0 heterocycles. The van der Waals surface area contributed by atoms with Crippen LogP contribution in [-0.2, 0) is 14.8 Å². The van der Waals surface area contributed by atoms with Crippen LogP contribution in [0.2, 0.25) is 0 Å². The quantitative estimate of drug-likeness (QED) is 0.713. The molecule has 120 valence electrons. The molecule has 0 aliphatic heterocycles. The van der Waals surface area contributed by atoms with Crippen molar-refractivity contribution in [3.05, 3.63) is 28.8 Å². The highest BCUT2D eigenvalue weighted by molar-refractivity contribution is 7.89. The van der Waals surface area contributed by atoms with E-state index in [2.05, 4.69) is 11.6 Å². The van der Waals surface area contributed by atoms with E-state index < -0.39 is 10.0 Å². The Morgan fingerprint density at radius 1 is 1.05 bits per heavy atom. The van der Waals surface area contributed by atoms with Crippen LogP contribution in [0.1, 0.15) is 42.9 Å². The summed E-state index contributed by atoms with van der Waals surface area (Å²) in [6, 6.07) is 3.80. The molecule has 1 rings (SSSR count). The third-order valence-electron chi connectivity index (χ3n) is 3.27. The lowest BCUT2D eigenvalue weighted by Crippen LogP contribution is -2.27. The maximum atomic E-state index is 12.4. The summed E-state index contributed by atoms with van der Waals surface area (Å²) in [5.74, 6) is 0. The van der Waals surface area contributed by atoms with Gasteiger partial charge in [0.15, 0.2) is 0 Å². The Labute approximate surface area is 129 Å². The lowest BCUT2D eigenvalue weighted by atomic mass is 10.1. The molecule has 0 radical (unpaired) electrons. The molecule has 1 aromatic rings. The Hall–Kier alpha value is -0.910. The second-order valence-corrected chi connectivity index (χ2v) is 7.15. The fourth-order valence-corrected chi connectivity index (χ4v) is 3.92. The third kappa shape index (κ3) is 5.77. The number of benzene rings is 1. The van der Waals surface area contributed by atoms with Crippen molar-refractivity contribution in [1.29, 1.82) is 0 Å². The van der Waals surface area contributed by atoms with Gasteiger partial charge in [0.1, 0.15) is 0 Å². The molecular formula is C16H27NO3S. The molecule has 0 saturated heterocycles. The van der Waals surface area contributed by atoms with Gasteiger partial charge in [0, 0.05) is 19.8 Å². The zero-order valence-corrected chi connectivity index (χ0v) is 14.3. The molecule has 0 aliphatic carbocycles. The van der Waals surface area contributed by atoms with Crippen molar-refractivity contribution in [3.8, 4) is 0 Å². The van der Waals surface area contributed by atoms with Gasteiger partial charge in [-0.3, -0.25) is 0 Å². The maximum absolute atomic E-state index is 12.4. The molecule has 1 aromatic carbocycles. The molecule has 0 aliphatic rings. The summed E-state index contributed by atoms with van der Waals surface area (Å²) in [7, 11) is -3.44. The first-order chi connectivity index (χ1) is 9.88. The monoisotopic (exact) mass is 313 g/mol. The predicted molar refractivity (Wildman–Crippen MR) is 86.2 cm³/mol. The first kappa shape index (κ1) is 18.1. The smallest absolute Gasteiger partial charge is 0.241 e. The van der Waals surface area contributed by atoms with Crippen molar-refractivity contribution < 1.29 is 13.2 Å². The van der Waals surface area contributed by atoms with E-state index in [9.17, 15) is 8.42 Å². The van der Waals surface area contributed by atoms with Crippen LogP contribution in [-0.4, -0.2) is 28.2 Å². The first-order valence-corrected chi connectivity index (χ1v) is 9.02. The number of nitrogens with one attached hydrogen (secondary N) is 1. The van der Waals surface area contributed by atoms with Gasteiger partial charge in [-0.15, -0.1) is 0 Å². The number of hydrogen-bond donors (Lipinski definition) is 1. The highest BCUT2D eigenvalue weighted by Gasteiger charge is 2.19. The molecule has 1 N–H and O–H groups in total. The van der Waals surface area contributed by atoms with Crippen molar-refractivity contribution in [3.63, 3.8) is 0 Å². The number of hydrogen-bond acceptors (Lipinski definition) is 3. The lowest BCUT2D eigenvalue weighted by molar-refractivity contribution is 0.130. The van der Waals surface area contributed by atoms with Gasteiger partial charge in [0.25, 0.3) is 0 Å². The van der Waals surface area contributed by atoms with Crippen LogP contribution in [0, 0.1) is 20.8 Å². The number of aryl methyl sites for hydroxylation is 3. The van der Waals surface area contributed by atoms with Crippen LogP contribution in [0.3, 0.4) is 0 Å². The lowest BCUT2D eigenvalue weighted by Gasteiger charge is -2.13.